The number of carbonyl (C=O) groups is 1. The second-order valence-electron chi connectivity index (χ2n) is 3.61. The van der Waals surface area contributed by atoms with Gasteiger partial charge in [-0.1, -0.05) is 18.2 Å². The van der Waals surface area contributed by atoms with Crippen LogP contribution in [0.1, 0.15) is 12.0 Å². The van der Waals surface area contributed by atoms with E-state index in [1.165, 1.54) is 17.7 Å². The van der Waals surface area contributed by atoms with E-state index in [-0.39, 0.29) is 12.0 Å². The van der Waals surface area contributed by atoms with E-state index in [2.05, 4.69) is 0 Å². The minimum atomic E-state index is -0.357. The molecule has 1 aliphatic rings. The van der Waals surface area contributed by atoms with Crippen molar-refractivity contribution >= 4 is 11.7 Å². The van der Waals surface area contributed by atoms with Crippen LogP contribution in [0.4, 0.5) is 5.69 Å². The molecule has 0 spiro atoms. The summed E-state index contributed by atoms with van der Waals surface area (Å²) in [5.41, 5.74) is 2.10. The van der Waals surface area contributed by atoms with Crippen molar-refractivity contribution in [3.63, 3.8) is 0 Å². The molecular weight excluding hydrogens is 192 g/mol. The predicted octanol–water partition coefficient (Wildman–Crippen LogP) is 0.854. The zero-order chi connectivity index (χ0) is 10.8. The summed E-state index contributed by atoms with van der Waals surface area (Å²) in [5, 5.41) is 1.50. The molecule has 2 rings (SSSR count). The molecule has 80 valence electrons. The van der Waals surface area contributed by atoms with Gasteiger partial charge in [0, 0.05) is 0 Å². The number of benzene rings is 1. The Balaban J connectivity index is 2.29. The third-order valence-corrected chi connectivity index (χ3v) is 2.77. The highest BCUT2D eigenvalue weighted by molar-refractivity contribution is 5.81. The molecule has 2 N–H and O–H groups in total. The van der Waals surface area contributed by atoms with E-state index < -0.39 is 0 Å². The SMILES string of the molecule is COC(=O)[C@@H]1CCc2ccccc2N1N. The van der Waals surface area contributed by atoms with E-state index in [9.17, 15) is 4.79 Å². The highest BCUT2D eigenvalue weighted by Gasteiger charge is 2.30. The van der Waals surface area contributed by atoms with Crippen LogP contribution < -0.4 is 10.9 Å². The topological polar surface area (TPSA) is 55.6 Å². The van der Waals surface area contributed by atoms with Gasteiger partial charge in [-0.3, -0.25) is 5.01 Å². The molecule has 0 bridgehead atoms. The molecule has 0 aromatic heterocycles. The van der Waals surface area contributed by atoms with Crippen LogP contribution in [0.3, 0.4) is 0 Å². The summed E-state index contributed by atoms with van der Waals surface area (Å²) in [6.07, 6.45) is 1.57. The van der Waals surface area contributed by atoms with Crippen molar-refractivity contribution in [1.82, 2.24) is 0 Å². The number of carbonyl (C=O) groups excluding carboxylic acids is 1. The van der Waals surface area contributed by atoms with Crippen molar-refractivity contribution in [3.05, 3.63) is 29.8 Å². The molecule has 0 fully saturated rings. The Morgan fingerprint density at radius 3 is 3.00 bits per heavy atom. The van der Waals surface area contributed by atoms with Crippen molar-refractivity contribution < 1.29 is 9.53 Å². The number of anilines is 1. The maximum Gasteiger partial charge on any atom is 0.330 e. The van der Waals surface area contributed by atoms with E-state index in [0.29, 0.717) is 6.42 Å². The lowest BCUT2D eigenvalue weighted by atomic mass is 9.97. The summed E-state index contributed by atoms with van der Waals surface area (Å²) < 4.78 is 4.71. The average molecular weight is 206 g/mol. The minimum Gasteiger partial charge on any atom is -0.467 e. The highest BCUT2D eigenvalue weighted by Crippen LogP contribution is 2.28. The molecule has 0 radical (unpaired) electrons. The predicted molar refractivity (Wildman–Crippen MR) is 57.2 cm³/mol. The molecule has 4 heteroatoms. The number of rotatable bonds is 1. The van der Waals surface area contributed by atoms with Gasteiger partial charge in [-0.15, -0.1) is 0 Å². The Bertz CT molecular complexity index is 379. The molecular formula is C11H14N2O2. The van der Waals surface area contributed by atoms with Gasteiger partial charge in [0.05, 0.1) is 12.8 Å². The van der Waals surface area contributed by atoms with Crippen LogP contribution in [0.25, 0.3) is 0 Å². The van der Waals surface area contributed by atoms with Crippen LogP contribution in [0, 0.1) is 0 Å². The Kier molecular flexibility index (Phi) is 2.60. The average Bonchev–Trinajstić information content (AvgIpc) is 2.29. The van der Waals surface area contributed by atoms with Crippen molar-refractivity contribution in [2.45, 2.75) is 18.9 Å². The normalized spacial score (nSPS) is 19.6. The molecule has 1 aromatic carbocycles. The lowest BCUT2D eigenvalue weighted by Gasteiger charge is -2.33. The summed E-state index contributed by atoms with van der Waals surface area (Å²) in [7, 11) is 1.39. The minimum absolute atomic E-state index is 0.271. The smallest absolute Gasteiger partial charge is 0.330 e. The quantitative estimate of drug-likeness (QED) is 0.547. The molecule has 15 heavy (non-hydrogen) atoms. The number of ether oxygens (including phenoxy) is 1. The molecule has 0 saturated carbocycles. The number of methoxy groups -OCH3 is 1. The van der Waals surface area contributed by atoms with Gasteiger partial charge in [0.1, 0.15) is 6.04 Å². The first-order chi connectivity index (χ1) is 7.24. The molecule has 0 unspecified atom stereocenters. The number of para-hydroxylation sites is 1. The molecule has 0 aliphatic carbocycles. The first kappa shape index (κ1) is 9.98. The zero-order valence-corrected chi connectivity index (χ0v) is 8.64. The number of hydrogen-bond acceptors (Lipinski definition) is 4. The zero-order valence-electron chi connectivity index (χ0n) is 8.64. The Morgan fingerprint density at radius 1 is 1.53 bits per heavy atom. The highest BCUT2D eigenvalue weighted by atomic mass is 16.5. The summed E-state index contributed by atoms with van der Waals surface area (Å²) in [5.74, 6) is 5.63. The van der Waals surface area contributed by atoms with Crippen LogP contribution in [-0.4, -0.2) is 19.1 Å². The Morgan fingerprint density at radius 2 is 2.27 bits per heavy atom. The Hall–Kier alpha value is -1.55. The van der Waals surface area contributed by atoms with Crippen molar-refractivity contribution in [3.8, 4) is 0 Å². The van der Waals surface area contributed by atoms with Gasteiger partial charge in [0.15, 0.2) is 0 Å². The van der Waals surface area contributed by atoms with E-state index in [1.807, 2.05) is 24.3 Å². The fourth-order valence-corrected chi connectivity index (χ4v) is 1.94. The van der Waals surface area contributed by atoms with Gasteiger partial charge in [0.25, 0.3) is 0 Å². The molecule has 0 saturated heterocycles. The van der Waals surface area contributed by atoms with Gasteiger partial charge < -0.3 is 4.74 Å². The molecule has 1 atom stereocenters. The standard InChI is InChI=1S/C11H14N2O2/c1-15-11(14)10-7-6-8-4-2-3-5-9(8)13(10)12/h2-5,10H,6-7,12H2,1H3/t10-/m0/s1. The fraction of sp³-hybridized carbons (Fsp3) is 0.364. The number of nitrogens with zero attached hydrogens (tertiary/aromatic N) is 1. The monoisotopic (exact) mass is 206 g/mol. The fourth-order valence-electron chi connectivity index (χ4n) is 1.94. The number of hydrogen-bond donors (Lipinski definition) is 1. The number of fused-ring (bicyclic) bond motifs is 1. The number of nitrogens with two attached hydrogens (primary N) is 1. The number of hydrazine groups is 1. The maximum absolute atomic E-state index is 11.4. The van der Waals surface area contributed by atoms with Crippen LogP contribution in [0.15, 0.2) is 24.3 Å². The third-order valence-electron chi connectivity index (χ3n) is 2.77. The second-order valence-corrected chi connectivity index (χ2v) is 3.61. The summed E-state index contributed by atoms with van der Waals surface area (Å²) in [4.78, 5) is 11.4. The van der Waals surface area contributed by atoms with Crippen molar-refractivity contribution in [1.29, 1.82) is 0 Å². The van der Waals surface area contributed by atoms with Crippen LogP contribution >= 0.6 is 0 Å². The van der Waals surface area contributed by atoms with Gasteiger partial charge in [-0.25, -0.2) is 10.6 Å². The van der Waals surface area contributed by atoms with Crippen LogP contribution in [0.5, 0.6) is 0 Å². The number of esters is 1. The van der Waals surface area contributed by atoms with Gasteiger partial charge in [-0.05, 0) is 24.5 Å². The van der Waals surface area contributed by atoms with E-state index >= 15 is 0 Å². The van der Waals surface area contributed by atoms with Gasteiger partial charge in [0.2, 0.25) is 0 Å². The molecule has 1 aliphatic heterocycles. The van der Waals surface area contributed by atoms with E-state index in [4.69, 9.17) is 10.6 Å². The number of aryl methyl sites for hydroxylation is 1. The van der Waals surface area contributed by atoms with Gasteiger partial charge in [-0.2, -0.15) is 0 Å². The van der Waals surface area contributed by atoms with Crippen molar-refractivity contribution in [2.24, 2.45) is 5.84 Å². The first-order valence-corrected chi connectivity index (χ1v) is 4.93. The largest absolute Gasteiger partial charge is 0.467 e. The maximum atomic E-state index is 11.4. The van der Waals surface area contributed by atoms with Crippen LogP contribution in [0.2, 0.25) is 0 Å². The molecule has 0 amide bonds. The lowest BCUT2D eigenvalue weighted by molar-refractivity contribution is -0.142. The molecule has 1 aromatic rings. The summed E-state index contributed by atoms with van der Waals surface area (Å²) in [6.45, 7) is 0. The van der Waals surface area contributed by atoms with Crippen molar-refractivity contribution in [2.75, 3.05) is 12.1 Å². The Labute approximate surface area is 88.6 Å². The third kappa shape index (κ3) is 1.68. The van der Waals surface area contributed by atoms with Crippen LogP contribution in [-0.2, 0) is 16.0 Å². The van der Waals surface area contributed by atoms with Gasteiger partial charge >= 0.3 is 5.97 Å². The molecule has 4 nitrogen and oxygen atoms in total. The van der Waals surface area contributed by atoms with E-state index in [0.717, 1.165) is 12.1 Å². The van der Waals surface area contributed by atoms with E-state index in [1.54, 1.807) is 0 Å². The molecule has 1 heterocycles. The summed E-state index contributed by atoms with van der Waals surface area (Å²) in [6, 6.07) is 7.49. The lowest BCUT2D eigenvalue weighted by Crippen LogP contribution is -2.49. The summed E-state index contributed by atoms with van der Waals surface area (Å²) >= 11 is 0. The first-order valence-electron chi connectivity index (χ1n) is 4.93. The second kappa shape index (κ2) is 3.90.